The summed E-state index contributed by atoms with van der Waals surface area (Å²) < 4.78 is 25.6. The van der Waals surface area contributed by atoms with Gasteiger partial charge in [-0.1, -0.05) is 25.1 Å². The summed E-state index contributed by atoms with van der Waals surface area (Å²) in [7, 11) is 1.52. The maximum Gasteiger partial charge on any atom is 0.257 e. The van der Waals surface area contributed by atoms with E-state index in [-0.39, 0.29) is 37.1 Å². The SMILES string of the molecule is CCCNC(=O)[C@@H]1COC2(CCN(C(=O)c3ccccc3F)CC2)N1C(=O)c1cccc(OC)c1. The van der Waals surface area contributed by atoms with Crippen molar-refractivity contribution < 1.29 is 28.2 Å². The van der Waals surface area contributed by atoms with Crippen molar-refractivity contribution in [2.45, 2.75) is 38.0 Å². The van der Waals surface area contributed by atoms with Crippen molar-refractivity contribution in [1.82, 2.24) is 15.1 Å². The lowest BCUT2D eigenvalue weighted by Gasteiger charge is -2.44. The second kappa shape index (κ2) is 10.4. The monoisotopic (exact) mass is 483 g/mol. The number of carbonyl (C=O) groups excluding carboxylic acids is 3. The van der Waals surface area contributed by atoms with Gasteiger partial charge in [-0.3, -0.25) is 19.3 Å². The van der Waals surface area contributed by atoms with Crippen LogP contribution in [0.1, 0.15) is 46.9 Å². The minimum Gasteiger partial charge on any atom is -0.497 e. The van der Waals surface area contributed by atoms with Crippen molar-refractivity contribution in [1.29, 1.82) is 0 Å². The molecule has 2 aliphatic heterocycles. The molecule has 0 bridgehead atoms. The Labute approximate surface area is 204 Å². The summed E-state index contributed by atoms with van der Waals surface area (Å²) in [5, 5.41) is 2.87. The minimum absolute atomic E-state index is 0.0110. The van der Waals surface area contributed by atoms with E-state index >= 15 is 0 Å². The molecule has 0 aliphatic carbocycles. The van der Waals surface area contributed by atoms with Crippen LogP contribution in [0.25, 0.3) is 0 Å². The Kier molecular flexibility index (Phi) is 7.35. The van der Waals surface area contributed by atoms with Gasteiger partial charge in [0.15, 0.2) is 0 Å². The lowest BCUT2D eigenvalue weighted by atomic mass is 9.96. The van der Waals surface area contributed by atoms with Crippen LogP contribution < -0.4 is 10.1 Å². The fourth-order valence-corrected chi connectivity index (χ4v) is 4.69. The molecular weight excluding hydrogens is 453 g/mol. The van der Waals surface area contributed by atoms with E-state index in [1.165, 1.54) is 30.2 Å². The largest absolute Gasteiger partial charge is 0.497 e. The molecule has 4 rings (SSSR count). The average Bonchev–Trinajstić information content (AvgIpc) is 3.25. The Bertz CT molecular complexity index is 1100. The second-order valence-electron chi connectivity index (χ2n) is 8.74. The van der Waals surface area contributed by atoms with Crippen molar-refractivity contribution in [2.75, 3.05) is 33.4 Å². The van der Waals surface area contributed by atoms with Crippen LogP contribution in [0, 0.1) is 5.82 Å². The van der Waals surface area contributed by atoms with E-state index < -0.39 is 23.5 Å². The van der Waals surface area contributed by atoms with Crippen LogP contribution in [0.3, 0.4) is 0 Å². The maximum atomic E-state index is 14.2. The van der Waals surface area contributed by atoms with Crippen molar-refractivity contribution in [3.8, 4) is 5.75 Å². The number of ether oxygens (including phenoxy) is 2. The molecule has 186 valence electrons. The van der Waals surface area contributed by atoms with Gasteiger partial charge in [-0.15, -0.1) is 0 Å². The Balaban J connectivity index is 1.59. The predicted molar refractivity (Wildman–Crippen MR) is 126 cm³/mol. The van der Waals surface area contributed by atoms with Crippen molar-refractivity contribution in [3.63, 3.8) is 0 Å². The summed E-state index contributed by atoms with van der Waals surface area (Å²) in [4.78, 5) is 42.7. The van der Waals surface area contributed by atoms with Gasteiger partial charge in [-0.25, -0.2) is 4.39 Å². The van der Waals surface area contributed by atoms with E-state index in [0.717, 1.165) is 6.42 Å². The Morgan fingerprint density at radius 2 is 1.86 bits per heavy atom. The van der Waals surface area contributed by atoms with Crippen LogP contribution in [0.5, 0.6) is 5.75 Å². The number of hydrogen-bond donors (Lipinski definition) is 1. The summed E-state index contributed by atoms with van der Waals surface area (Å²) in [6, 6.07) is 11.8. The van der Waals surface area contributed by atoms with E-state index in [1.54, 1.807) is 35.2 Å². The van der Waals surface area contributed by atoms with Gasteiger partial charge in [0.2, 0.25) is 5.91 Å². The van der Waals surface area contributed by atoms with Crippen LogP contribution >= 0.6 is 0 Å². The van der Waals surface area contributed by atoms with Gasteiger partial charge in [0.25, 0.3) is 11.8 Å². The number of nitrogens with one attached hydrogen (secondary N) is 1. The number of hydrogen-bond acceptors (Lipinski definition) is 5. The van der Waals surface area contributed by atoms with Crippen LogP contribution in [-0.2, 0) is 9.53 Å². The van der Waals surface area contributed by atoms with Gasteiger partial charge in [0.1, 0.15) is 23.3 Å². The molecule has 3 amide bonds. The molecule has 2 aromatic carbocycles. The van der Waals surface area contributed by atoms with E-state index in [2.05, 4.69) is 5.32 Å². The number of benzene rings is 2. The highest BCUT2D eigenvalue weighted by Crippen LogP contribution is 2.39. The molecule has 35 heavy (non-hydrogen) atoms. The summed E-state index contributed by atoms with van der Waals surface area (Å²) in [6.07, 6.45) is 1.38. The first kappa shape index (κ1) is 24.7. The number of carbonyl (C=O) groups is 3. The third-order valence-corrected chi connectivity index (χ3v) is 6.58. The van der Waals surface area contributed by atoms with Crippen LogP contribution in [0.15, 0.2) is 48.5 Å². The molecule has 8 nitrogen and oxygen atoms in total. The molecule has 0 unspecified atom stereocenters. The third-order valence-electron chi connectivity index (χ3n) is 6.58. The van der Waals surface area contributed by atoms with Gasteiger partial charge in [0, 0.05) is 38.0 Å². The molecule has 2 aromatic rings. The Hall–Kier alpha value is -3.46. The standard InChI is InChI=1S/C26H30FN3O5/c1-3-13-28-23(31)22-17-35-26(30(22)24(32)18-7-6-8-19(16-18)34-2)11-14-29(15-12-26)25(33)20-9-4-5-10-21(20)27/h4-10,16,22H,3,11-15,17H2,1-2H3,(H,28,31)/t22-/m0/s1. The smallest absolute Gasteiger partial charge is 0.257 e. The minimum atomic E-state index is -1.04. The number of halogens is 1. The topological polar surface area (TPSA) is 88.2 Å². The molecule has 2 fully saturated rings. The highest BCUT2D eigenvalue weighted by atomic mass is 19.1. The molecule has 2 aliphatic rings. The van der Waals surface area contributed by atoms with E-state index in [0.29, 0.717) is 30.7 Å². The Morgan fingerprint density at radius 1 is 1.11 bits per heavy atom. The number of nitrogens with zero attached hydrogens (tertiary/aromatic N) is 2. The zero-order valence-corrected chi connectivity index (χ0v) is 20.0. The molecule has 9 heteroatoms. The molecule has 0 aromatic heterocycles. The van der Waals surface area contributed by atoms with E-state index in [1.807, 2.05) is 6.92 Å². The maximum absolute atomic E-state index is 14.2. The summed E-state index contributed by atoms with van der Waals surface area (Å²) in [6.45, 7) is 3.03. The van der Waals surface area contributed by atoms with Crippen molar-refractivity contribution in [3.05, 3.63) is 65.5 Å². The first-order chi connectivity index (χ1) is 16.9. The molecule has 1 atom stereocenters. The van der Waals surface area contributed by atoms with Gasteiger partial charge < -0.3 is 19.7 Å². The second-order valence-corrected chi connectivity index (χ2v) is 8.74. The van der Waals surface area contributed by atoms with E-state index in [4.69, 9.17) is 9.47 Å². The molecular formula is C26H30FN3O5. The summed E-state index contributed by atoms with van der Waals surface area (Å²) >= 11 is 0. The highest BCUT2D eigenvalue weighted by Gasteiger charge is 2.54. The molecule has 0 radical (unpaired) electrons. The zero-order chi connectivity index (χ0) is 25.0. The fraction of sp³-hybridized carbons (Fsp3) is 0.423. The highest BCUT2D eigenvalue weighted by molar-refractivity contribution is 5.99. The number of methoxy groups -OCH3 is 1. The summed E-state index contributed by atoms with van der Waals surface area (Å²) in [5.74, 6) is -1.06. The van der Waals surface area contributed by atoms with Gasteiger partial charge in [-0.05, 0) is 36.8 Å². The summed E-state index contributed by atoms with van der Waals surface area (Å²) in [5.41, 5.74) is -0.648. The van der Waals surface area contributed by atoms with Gasteiger partial charge >= 0.3 is 0 Å². The van der Waals surface area contributed by atoms with Crippen molar-refractivity contribution >= 4 is 17.7 Å². The normalized spacial score (nSPS) is 19.0. The number of piperidine rings is 1. The van der Waals surface area contributed by atoms with Gasteiger partial charge in [0.05, 0.1) is 19.3 Å². The van der Waals surface area contributed by atoms with Crippen molar-refractivity contribution in [2.24, 2.45) is 0 Å². The number of likely N-dealkylation sites (tertiary alicyclic amines) is 1. The van der Waals surface area contributed by atoms with E-state index in [9.17, 15) is 18.8 Å². The zero-order valence-electron chi connectivity index (χ0n) is 20.0. The first-order valence-electron chi connectivity index (χ1n) is 11.8. The number of rotatable bonds is 6. The molecule has 1 spiro atoms. The lowest BCUT2D eigenvalue weighted by Crippen LogP contribution is -2.59. The quantitative estimate of drug-likeness (QED) is 0.683. The third kappa shape index (κ3) is 4.86. The van der Waals surface area contributed by atoms with Crippen LogP contribution in [0.2, 0.25) is 0 Å². The molecule has 0 saturated carbocycles. The first-order valence-corrected chi connectivity index (χ1v) is 11.8. The van der Waals surface area contributed by atoms with Gasteiger partial charge in [-0.2, -0.15) is 0 Å². The fourth-order valence-electron chi connectivity index (χ4n) is 4.69. The molecule has 2 saturated heterocycles. The van der Waals surface area contributed by atoms with Crippen LogP contribution in [0.4, 0.5) is 4.39 Å². The molecule has 1 N–H and O–H groups in total. The van der Waals surface area contributed by atoms with Crippen LogP contribution in [-0.4, -0.2) is 72.6 Å². The molecule has 2 heterocycles. The predicted octanol–water partition coefficient (Wildman–Crippen LogP) is 2.83. The Morgan fingerprint density at radius 3 is 2.54 bits per heavy atom. The number of amides is 3. The average molecular weight is 484 g/mol. The lowest BCUT2D eigenvalue weighted by molar-refractivity contribution is -0.128.